The van der Waals surface area contributed by atoms with Crippen molar-refractivity contribution in [3.05, 3.63) is 89.2 Å². The second kappa shape index (κ2) is 12.1. The molecule has 0 atom stereocenters. The molecule has 0 aliphatic carbocycles. The van der Waals surface area contributed by atoms with Crippen molar-refractivity contribution in [3.63, 3.8) is 0 Å². The Morgan fingerprint density at radius 1 is 1.03 bits per heavy atom. The Morgan fingerprint density at radius 3 is 2.47 bits per heavy atom. The minimum atomic E-state index is -3.88. The fourth-order valence-electron chi connectivity index (χ4n) is 3.23. The van der Waals surface area contributed by atoms with Gasteiger partial charge in [-0.1, -0.05) is 36.4 Å². The minimum absolute atomic E-state index is 0.0580. The van der Waals surface area contributed by atoms with Crippen LogP contribution in [0.3, 0.4) is 0 Å². The van der Waals surface area contributed by atoms with Crippen molar-refractivity contribution >= 4 is 22.0 Å². The van der Waals surface area contributed by atoms with Crippen LogP contribution in [0, 0.1) is 0 Å². The Balaban J connectivity index is 1.64. The number of amides is 1. The summed E-state index contributed by atoms with van der Waals surface area (Å²) in [5, 5.41) is 3.88. The monoisotopic (exact) mass is 484 g/mol. The summed E-state index contributed by atoms with van der Waals surface area (Å²) in [7, 11) is -0.760. The molecule has 0 spiro atoms. The quantitative estimate of drug-likeness (QED) is 0.423. The molecule has 1 amide bonds. The maximum Gasteiger partial charge on any atom is 0.237 e. The molecular weight excluding hydrogens is 456 g/mol. The number of nitrogens with zero attached hydrogens (tertiary/aromatic N) is 1. The van der Waals surface area contributed by atoms with E-state index in [1.54, 1.807) is 44.6 Å². The summed E-state index contributed by atoms with van der Waals surface area (Å²) in [5.74, 6) is 1.25. The molecular formula is C25H28N2O6S. The van der Waals surface area contributed by atoms with Gasteiger partial charge in [-0.25, -0.2) is 8.42 Å². The molecule has 1 heterocycles. The van der Waals surface area contributed by atoms with Crippen LogP contribution in [0.1, 0.15) is 16.9 Å². The van der Waals surface area contributed by atoms with Gasteiger partial charge in [-0.2, -0.15) is 4.31 Å². The molecule has 0 saturated carbocycles. The standard InChI is InChI=1S/C25H28N2O6S/c1-31-23-11-10-21(17-24(23)32-2)12-14-26-25(28)19-27(18-22-9-6-15-33-22)34(29,30)16-13-20-7-4-3-5-8-20/h3-11,13,15-17H,12,14,18-19H2,1-2H3,(H,26,28)/b16-13+. The number of hydrogen-bond acceptors (Lipinski definition) is 6. The lowest BCUT2D eigenvalue weighted by Gasteiger charge is -2.19. The molecule has 0 radical (unpaired) electrons. The van der Waals surface area contributed by atoms with Crippen LogP contribution < -0.4 is 14.8 Å². The van der Waals surface area contributed by atoms with E-state index in [-0.39, 0.29) is 13.1 Å². The van der Waals surface area contributed by atoms with Gasteiger partial charge in [0.25, 0.3) is 0 Å². The second-order valence-electron chi connectivity index (χ2n) is 7.40. The average molecular weight is 485 g/mol. The molecule has 9 heteroatoms. The highest BCUT2D eigenvalue weighted by molar-refractivity contribution is 7.92. The number of furan rings is 1. The Morgan fingerprint density at radius 2 is 1.79 bits per heavy atom. The van der Waals surface area contributed by atoms with Crippen molar-refractivity contribution in [1.29, 1.82) is 0 Å². The first-order valence-corrected chi connectivity index (χ1v) is 12.1. The third-order valence-corrected chi connectivity index (χ3v) is 6.47. The van der Waals surface area contributed by atoms with Crippen molar-refractivity contribution in [2.24, 2.45) is 0 Å². The number of benzene rings is 2. The van der Waals surface area contributed by atoms with E-state index in [1.165, 1.54) is 12.3 Å². The predicted octanol–water partition coefficient (Wildman–Crippen LogP) is 3.46. The largest absolute Gasteiger partial charge is 0.493 e. The molecule has 8 nitrogen and oxygen atoms in total. The third-order valence-electron chi connectivity index (χ3n) is 5.01. The van der Waals surface area contributed by atoms with Gasteiger partial charge in [-0.05, 0) is 47.9 Å². The number of nitrogens with one attached hydrogen (secondary N) is 1. The number of rotatable bonds is 12. The van der Waals surface area contributed by atoms with Crippen LogP contribution in [0.5, 0.6) is 11.5 Å². The van der Waals surface area contributed by atoms with E-state index in [0.717, 1.165) is 20.8 Å². The van der Waals surface area contributed by atoms with Crippen molar-refractivity contribution in [1.82, 2.24) is 9.62 Å². The molecule has 0 bridgehead atoms. The number of ether oxygens (including phenoxy) is 2. The SMILES string of the molecule is COc1ccc(CCNC(=O)CN(Cc2ccco2)S(=O)(=O)/C=C/c2ccccc2)cc1OC. The summed E-state index contributed by atoms with van der Waals surface area (Å²) < 4.78 is 42.9. The predicted molar refractivity (Wildman–Crippen MR) is 130 cm³/mol. The van der Waals surface area contributed by atoms with Crippen LogP contribution >= 0.6 is 0 Å². The average Bonchev–Trinajstić information content (AvgIpc) is 3.36. The maximum atomic E-state index is 13.0. The molecule has 2 aromatic carbocycles. The molecule has 0 fully saturated rings. The first-order valence-electron chi connectivity index (χ1n) is 10.6. The third kappa shape index (κ3) is 7.23. The molecule has 0 aliphatic rings. The van der Waals surface area contributed by atoms with Crippen molar-refractivity contribution in [2.45, 2.75) is 13.0 Å². The smallest absolute Gasteiger partial charge is 0.237 e. The number of methoxy groups -OCH3 is 2. The summed E-state index contributed by atoms with van der Waals surface area (Å²) in [6.45, 7) is -0.0610. The topological polar surface area (TPSA) is 98.1 Å². The van der Waals surface area contributed by atoms with Gasteiger partial charge in [0.2, 0.25) is 15.9 Å². The van der Waals surface area contributed by atoms with Crippen LogP contribution in [-0.4, -0.2) is 45.9 Å². The molecule has 34 heavy (non-hydrogen) atoms. The van der Waals surface area contributed by atoms with Gasteiger partial charge in [0, 0.05) is 12.0 Å². The van der Waals surface area contributed by atoms with Gasteiger partial charge in [0.1, 0.15) is 5.76 Å². The van der Waals surface area contributed by atoms with E-state index >= 15 is 0 Å². The number of carbonyl (C=O) groups excluding carboxylic acids is 1. The van der Waals surface area contributed by atoms with Gasteiger partial charge < -0.3 is 19.2 Å². The first-order chi connectivity index (χ1) is 16.4. The van der Waals surface area contributed by atoms with Crippen LogP contribution in [0.4, 0.5) is 0 Å². The highest BCUT2D eigenvalue weighted by Gasteiger charge is 2.23. The van der Waals surface area contributed by atoms with Crippen molar-refractivity contribution < 1.29 is 27.1 Å². The van der Waals surface area contributed by atoms with E-state index in [9.17, 15) is 13.2 Å². The number of sulfonamides is 1. The van der Waals surface area contributed by atoms with Gasteiger partial charge >= 0.3 is 0 Å². The maximum absolute atomic E-state index is 13.0. The Kier molecular flexibility index (Phi) is 8.89. The summed E-state index contributed by atoms with van der Waals surface area (Å²) in [5.41, 5.74) is 1.69. The first kappa shape index (κ1) is 25.1. The lowest BCUT2D eigenvalue weighted by molar-refractivity contribution is -0.121. The highest BCUT2D eigenvalue weighted by Crippen LogP contribution is 2.27. The number of carbonyl (C=O) groups is 1. The van der Waals surface area contributed by atoms with Crippen LogP contribution in [0.2, 0.25) is 0 Å². The van der Waals surface area contributed by atoms with Crippen LogP contribution in [-0.2, 0) is 27.8 Å². The Labute approximate surface area is 199 Å². The summed E-state index contributed by atoms with van der Waals surface area (Å²) in [6, 6.07) is 17.9. The minimum Gasteiger partial charge on any atom is -0.493 e. The van der Waals surface area contributed by atoms with E-state index in [1.807, 2.05) is 30.3 Å². The van der Waals surface area contributed by atoms with Crippen molar-refractivity contribution in [2.75, 3.05) is 27.3 Å². The van der Waals surface area contributed by atoms with Gasteiger partial charge in [0.05, 0.1) is 33.6 Å². The van der Waals surface area contributed by atoms with E-state index in [0.29, 0.717) is 30.2 Å². The zero-order valence-corrected chi connectivity index (χ0v) is 20.0. The molecule has 1 N–H and O–H groups in total. The van der Waals surface area contributed by atoms with Gasteiger partial charge in [-0.15, -0.1) is 0 Å². The highest BCUT2D eigenvalue weighted by atomic mass is 32.2. The molecule has 3 aromatic rings. The van der Waals surface area contributed by atoms with E-state index < -0.39 is 15.9 Å². The normalized spacial score (nSPS) is 11.6. The van der Waals surface area contributed by atoms with Gasteiger partial charge in [0.15, 0.2) is 11.5 Å². The van der Waals surface area contributed by atoms with Crippen LogP contribution in [0.15, 0.2) is 76.8 Å². The zero-order chi connectivity index (χ0) is 24.4. The van der Waals surface area contributed by atoms with Crippen molar-refractivity contribution in [3.8, 4) is 11.5 Å². The van der Waals surface area contributed by atoms with E-state index in [4.69, 9.17) is 13.9 Å². The summed E-state index contributed by atoms with van der Waals surface area (Å²) in [6.07, 6.45) is 3.51. The van der Waals surface area contributed by atoms with Gasteiger partial charge in [-0.3, -0.25) is 4.79 Å². The Bertz CT molecular complexity index is 1190. The molecule has 1 aromatic heterocycles. The second-order valence-corrected chi connectivity index (χ2v) is 9.21. The summed E-state index contributed by atoms with van der Waals surface area (Å²) >= 11 is 0. The fourth-order valence-corrected chi connectivity index (χ4v) is 4.33. The molecule has 3 rings (SSSR count). The van der Waals surface area contributed by atoms with E-state index in [2.05, 4.69) is 5.32 Å². The molecule has 0 unspecified atom stereocenters. The number of hydrogen-bond donors (Lipinski definition) is 1. The lowest BCUT2D eigenvalue weighted by Crippen LogP contribution is -2.40. The Hall–Kier alpha value is -3.56. The summed E-state index contributed by atoms with van der Waals surface area (Å²) in [4.78, 5) is 12.6. The molecule has 180 valence electrons. The van der Waals surface area contributed by atoms with Crippen LogP contribution in [0.25, 0.3) is 6.08 Å². The molecule has 0 saturated heterocycles. The molecule has 0 aliphatic heterocycles. The zero-order valence-electron chi connectivity index (χ0n) is 19.1. The lowest BCUT2D eigenvalue weighted by atomic mass is 10.1. The fraction of sp³-hybridized carbons (Fsp3) is 0.240.